The lowest BCUT2D eigenvalue weighted by Crippen LogP contribution is -2.49. The molecule has 1 aromatic carbocycles. The summed E-state index contributed by atoms with van der Waals surface area (Å²) in [6, 6.07) is 7.87. The van der Waals surface area contributed by atoms with Crippen molar-refractivity contribution < 1.29 is 4.79 Å². The molecule has 0 unspecified atom stereocenters. The summed E-state index contributed by atoms with van der Waals surface area (Å²) >= 11 is 7.68. The summed E-state index contributed by atoms with van der Waals surface area (Å²) in [5.41, 5.74) is 2.24. The van der Waals surface area contributed by atoms with Gasteiger partial charge in [-0.2, -0.15) is 0 Å². The molecule has 5 nitrogen and oxygen atoms in total. The van der Waals surface area contributed by atoms with Gasteiger partial charge >= 0.3 is 0 Å². The van der Waals surface area contributed by atoms with E-state index in [4.69, 9.17) is 11.6 Å². The first-order chi connectivity index (χ1) is 13.5. The first-order valence-electron chi connectivity index (χ1n) is 9.54. The Hall–Kier alpha value is -2.18. The maximum Gasteiger partial charge on any atom is 0.222 e. The number of hydrogen-bond donors (Lipinski definition) is 0. The fraction of sp³-hybridized carbons (Fsp3) is 0.381. The van der Waals surface area contributed by atoms with Gasteiger partial charge in [-0.3, -0.25) is 4.79 Å². The normalized spacial score (nSPS) is 14.9. The molecule has 3 aromatic rings. The molecular weight excluding hydrogens is 392 g/mol. The van der Waals surface area contributed by atoms with Crippen LogP contribution in [0.4, 0.5) is 5.82 Å². The number of thiophene rings is 1. The number of benzene rings is 1. The first kappa shape index (κ1) is 19.2. The fourth-order valence-corrected chi connectivity index (χ4v) is 4.62. The molecule has 0 atom stereocenters. The number of fused-ring (bicyclic) bond motifs is 1. The molecule has 1 aliphatic heterocycles. The second kappa shape index (κ2) is 8.05. The van der Waals surface area contributed by atoms with Gasteiger partial charge in [-0.05, 0) is 23.6 Å². The van der Waals surface area contributed by atoms with Crippen LogP contribution in [0, 0.1) is 5.92 Å². The highest BCUT2D eigenvalue weighted by molar-refractivity contribution is 7.17. The van der Waals surface area contributed by atoms with Crippen molar-refractivity contribution in [1.29, 1.82) is 0 Å². The number of carbonyl (C=O) groups excluding carboxylic acids is 1. The lowest BCUT2D eigenvalue weighted by Gasteiger charge is -2.36. The van der Waals surface area contributed by atoms with E-state index < -0.39 is 0 Å². The third-order valence-electron chi connectivity index (χ3n) is 5.02. The molecular formula is C21H23ClN4OS. The average molecular weight is 415 g/mol. The van der Waals surface area contributed by atoms with Crippen molar-refractivity contribution in [3.63, 3.8) is 0 Å². The highest BCUT2D eigenvalue weighted by Gasteiger charge is 2.25. The van der Waals surface area contributed by atoms with Gasteiger partial charge < -0.3 is 9.80 Å². The zero-order valence-electron chi connectivity index (χ0n) is 16.1. The molecule has 3 heterocycles. The van der Waals surface area contributed by atoms with Crippen LogP contribution in [0.2, 0.25) is 5.02 Å². The lowest BCUT2D eigenvalue weighted by molar-refractivity contribution is -0.132. The first-order valence-corrected chi connectivity index (χ1v) is 10.8. The van der Waals surface area contributed by atoms with E-state index in [-0.39, 0.29) is 5.91 Å². The highest BCUT2D eigenvalue weighted by Crippen LogP contribution is 2.38. The predicted octanol–water partition coefficient (Wildman–Crippen LogP) is 4.71. The van der Waals surface area contributed by atoms with Gasteiger partial charge in [0.2, 0.25) is 5.91 Å². The average Bonchev–Trinajstić information content (AvgIpc) is 3.12. The number of piperazine rings is 1. The van der Waals surface area contributed by atoms with Crippen molar-refractivity contribution in [1.82, 2.24) is 14.9 Å². The zero-order valence-corrected chi connectivity index (χ0v) is 17.6. The van der Waals surface area contributed by atoms with E-state index >= 15 is 0 Å². The third kappa shape index (κ3) is 3.84. The molecule has 0 bridgehead atoms. The molecule has 146 valence electrons. The molecule has 0 radical (unpaired) electrons. The van der Waals surface area contributed by atoms with Crippen molar-refractivity contribution >= 4 is 44.9 Å². The van der Waals surface area contributed by atoms with Crippen LogP contribution in [0.15, 0.2) is 36.0 Å². The van der Waals surface area contributed by atoms with Crippen molar-refractivity contribution in [2.75, 3.05) is 31.1 Å². The number of rotatable bonds is 4. The summed E-state index contributed by atoms with van der Waals surface area (Å²) < 4.78 is 0. The van der Waals surface area contributed by atoms with Crippen molar-refractivity contribution in [2.24, 2.45) is 5.92 Å². The van der Waals surface area contributed by atoms with Crippen LogP contribution in [-0.4, -0.2) is 47.0 Å². The summed E-state index contributed by atoms with van der Waals surface area (Å²) in [5.74, 6) is 1.59. The van der Waals surface area contributed by atoms with E-state index in [0.29, 0.717) is 12.3 Å². The minimum Gasteiger partial charge on any atom is -0.352 e. The van der Waals surface area contributed by atoms with Crippen LogP contribution >= 0.6 is 22.9 Å². The monoisotopic (exact) mass is 414 g/mol. The molecule has 1 saturated heterocycles. The van der Waals surface area contributed by atoms with Crippen LogP contribution < -0.4 is 4.90 Å². The molecule has 0 N–H and O–H groups in total. The summed E-state index contributed by atoms with van der Waals surface area (Å²) in [6.07, 6.45) is 2.25. The Balaban J connectivity index is 1.61. The maximum atomic E-state index is 12.4. The van der Waals surface area contributed by atoms with Crippen LogP contribution in [0.3, 0.4) is 0 Å². The van der Waals surface area contributed by atoms with Gasteiger partial charge in [0, 0.05) is 48.6 Å². The number of aromatic nitrogens is 2. The number of halogens is 1. The maximum absolute atomic E-state index is 12.4. The smallest absolute Gasteiger partial charge is 0.222 e. The molecule has 1 fully saturated rings. The van der Waals surface area contributed by atoms with Crippen molar-refractivity contribution in [3.05, 3.63) is 41.0 Å². The summed E-state index contributed by atoms with van der Waals surface area (Å²) in [4.78, 5) is 26.7. The second-order valence-corrected chi connectivity index (χ2v) is 8.79. The molecule has 7 heteroatoms. The Morgan fingerprint density at radius 1 is 1.14 bits per heavy atom. The Morgan fingerprint density at radius 2 is 1.86 bits per heavy atom. The predicted molar refractivity (Wildman–Crippen MR) is 116 cm³/mol. The van der Waals surface area contributed by atoms with Gasteiger partial charge in [-0.15, -0.1) is 11.3 Å². The van der Waals surface area contributed by atoms with Gasteiger partial charge in [0.15, 0.2) is 0 Å². The topological polar surface area (TPSA) is 49.3 Å². The Bertz CT molecular complexity index is 978. The van der Waals surface area contributed by atoms with Crippen LogP contribution in [0.25, 0.3) is 21.3 Å². The van der Waals surface area contributed by atoms with Crippen molar-refractivity contribution in [2.45, 2.75) is 20.3 Å². The molecule has 0 aliphatic carbocycles. The van der Waals surface area contributed by atoms with Gasteiger partial charge in [-0.25, -0.2) is 9.97 Å². The molecule has 1 amide bonds. The fourth-order valence-electron chi connectivity index (χ4n) is 3.59. The van der Waals surface area contributed by atoms with Gasteiger partial charge in [0.1, 0.15) is 17.0 Å². The van der Waals surface area contributed by atoms with Gasteiger partial charge in [-0.1, -0.05) is 37.6 Å². The van der Waals surface area contributed by atoms with Crippen molar-refractivity contribution in [3.8, 4) is 11.1 Å². The number of anilines is 1. The second-order valence-electron chi connectivity index (χ2n) is 7.50. The summed E-state index contributed by atoms with van der Waals surface area (Å²) in [6.45, 7) is 7.20. The Kier molecular flexibility index (Phi) is 5.51. The number of carbonyl (C=O) groups is 1. The van der Waals surface area contributed by atoms with E-state index in [1.807, 2.05) is 29.2 Å². The number of hydrogen-bond acceptors (Lipinski definition) is 5. The highest BCUT2D eigenvalue weighted by atomic mass is 35.5. The van der Waals surface area contributed by atoms with Gasteiger partial charge in [0.25, 0.3) is 0 Å². The van der Waals surface area contributed by atoms with Gasteiger partial charge in [0.05, 0.1) is 5.39 Å². The summed E-state index contributed by atoms with van der Waals surface area (Å²) in [5, 5.41) is 3.94. The standard InChI is InChI=1S/C21H23ClN4OS/c1-14(2)11-18(27)25-7-9-26(10-8-25)20-19-17(12-28-21(19)24-13-23-20)15-3-5-16(22)6-4-15/h3-6,12-14H,7-11H2,1-2H3. The minimum absolute atomic E-state index is 0.250. The molecule has 2 aromatic heterocycles. The molecule has 0 spiro atoms. The van der Waals surface area contributed by atoms with E-state index in [1.54, 1.807) is 17.7 Å². The molecule has 28 heavy (non-hydrogen) atoms. The zero-order chi connectivity index (χ0) is 19.7. The van der Waals surface area contributed by atoms with Crippen LogP contribution in [0.5, 0.6) is 0 Å². The van der Waals surface area contributed by atoms with Crippen LogP contribution in [-0.2, 0) is 4.79 Å². The SMILES string of the molecule is CC(C)CC(=O)N1CCN(c2ncnc3scc(-c4ccc(Cl)cc4)c23)CC1. The summed E-state index contributed by atoms with van der Waals surface area (Å²) in [7, 11) is 0. The quantitative estimate of drug-likeness (QED) is 0.620. The van der Waals surface area contributed by atoms with E-state index in [0.717, 1.165) is 58.4 Å². The minimum atomic E-state index is 0.250. The van der Waals surface area contributed by atoms with E-state index in [2.05, 4.69) is 34.1 Å². The Morgan fingerprint density at radius 3 is 2.54 bits per heavy atom. The molecule has 0 saturated carbocycles. The molecule has 4 rings (SSSR count). The van der Waals surface area contributed by atoms with E-state index in [9.17, 15) is 4.79 Å². The van der Waals surface area contributed by atoms with Crippen LogP contribution in [0.1, 0.15) is 20.3 Å². The number of nitrogens with zero attached hydrogens (tertiary/aromatic N) is 4. The Labute approximate surface area is 174 Å². The number of amides is 1. The van der Waals surface area contributed by atoms with E-state index in [1.165, 1.54) is 0 Å². The third-order valence-corrected chi connectivity index (χ3v) is 6.16. The largest absolute Gasteiger partial charge is 0.352 e. The lowest BCUT2D eigenvalue weighted by atomic mass is 10.1. The molecule has 1 aliphatic rings.